The molecule has 0 radical (unpaired) electrons. The van der Waals surface area contributed by atoms with Gasteiger partial charge in [-0.05, 0) is 0 Å². The van der Waals surface area contributed by atoms with Crippen molar-refractivity contribution in [3.05, 3.63) is 0 Å². The predicted molar refractivity (Wildman–Crippen MR) is 30.3 cm³/mol. The molecule has 0 heterocycles. The smallest absolute Gasteiger partial charge is 1.00 e. The van der Waals surface area contributed by atoms with Crippen LogP contribution in [-0.2, 0) is 9.26 Å². The zero-order chi connectivity index (χ0) is 7.15. The molecule has 8 heteroatoms. The first-order valence-corrected chi connectivity index (χ1v) is 2.88. The van der Waals surface area contributed by atoms with E-state index in [2.05, 4.69) is 0 Å². The number of carbonyl (C=O) groups is 1. The largest absolute Gasteiger partial charge is 1.00 e. The van der Waals surface area contributed by atoms with Crippen molar-refractivity contribution in [2.24, 2.45) is 0 Å². The van der Waals surface area contributed by atoms with Crippen molar-refractivity contribution in [1.29, 1.82) is 0 Å². The minimum atomic E-state index is -3.13. The zero-order valence-electron chi connectivity index (χ0n) is 6.87. The molecule has 0 aromatic rings. The number of carboxylic acid groups (broad SMARTS) is 1. The molecule has 0 atom stereocenters. The summed E-state index contributed by atoms with van der Waals surface area (Å²) in [6.07, 6.45) is 0. The molecule has 0 unspecified atom stereocenters. The molecule has 0 spiro atoms. The topological polar surface area (TPSA) is 130 Å². The number of hydrogen-bond donors (Lipinski definition) is 4. The molecule has 0 saturated carbocycles. The van der Waals surface area contributed by atoms with Gasteiger partial charge in [0.25, 0.3) is 5.97 Å². The third-order valence-corrected chi connectivity index (χ3v) is 0. The Labute approximate surface area is 83.1 Å². The predicted octanol–water partition coefficient (Wildman–Crippen LogP) is -4.24. The first kappa shape index (κ1) is 22.5. The maximum absolute atomic E-state index is 9.00. The Hall–Kier alpha value is 0.0469. The molecule has 0 rings (SSSR count). The molecule has 0 aliphatic carbocycles. The third kappa shape index (κ3) is 182000. The van der Waals surface area contributed by atoms with Gasteiger partial charge in [0.2, 0.25) is 0 Å². The van der Waals surface area contributed by atoms with E-state index in [9.17, 15) is 0 Å². The van der Waals surface area contributed by atoms with E-state index < -0.39 is 15.1 Å². The van der Waals surface area contributed by atoms with Crippen molar-refractivity contribution in [1.82, 2.24) is 6.15 Å². The summed E-state index contributed by atoms with van der Waals surface area (Å²) in [6.45, 7) is 1.08. The van der Waals surface area contributed by atoms with Crippen LogP contribution < -0.4 is 35.7 Å². The molecule has 0 bridgehead atoms. The average molecular weight is 179 g/mol. The molecule has 0 aliphatic heterocycles. The molecule has 58 valence electrons. The number of hydrogen-bond acceptors (Lipinski definition) is 3. The molecule has 0 aromatic heterocycles. The maximum atomic E-state index is 9.00. The summed E-state index contributed by atoms with van der Waals surface area (Å²) in [5.41, 5.74) is 0. The molecule has 6 nitrogen and oxygen atoms in total. The Balaban J connectivity index is -0.0000000171. The average Bonchev–Trinajstić information content (AvgIpc) is 1.25. The normalized spacial score (nSPS) is 4.90. The van der Waals surface area contributed by atoms with E-state index in [1.165, 1.54) is 0 Å². The molecule has 0 saturated heterocycles. The second-order valence-electron chi connectivity index (χ2n) is 0.802. The van der Waals surface area contributed by atoms with Crippen LogP contribution in [0, 0.1) is 0 Å². The fraction of sp³-hybridized carbons (Fsp3) is 0.500. The standard InChI is InChI=1S/C2H4O2.H3N.Na.H2O3Si.H/c1-2(3)4;;;1-4(2)3;/h1H3,(H,3,4);1H3;;1-2H;/q;;+1;;-1. The van der Waals surface area contributed by atoms with E-state index in [-0.39, 0.29) is 37.1 Å². The molecular weight excluding hydrogens is 169 g/mol. The van der Waals surface area contributed by atoms with Crippen LogP contribution >= 0.6 is 0 Å². The molecular formula is C2H10NNaO5Si. The maximum Gasteiger partial charge on any atom is 1.00 e. The Morgan fingerprint density at radius 2 is 1.50 bits per heavy atom. The molecule has 0 aromatic carbocycles. The van der Waals surface area contributed by atoms with Gasteiger partial charge in [-0.3, -0.25) is 9.26 Å². The van der Waals surface area contributed by atoms with Gasteiger partial charge in [0, 0.05) is 6.92 Å². The van der Waals surface area contributed by atoms with Crippen molar-refractivity contribution < 1.29 is 54.9 Å². The van der Waals surface area contributed by atoms with Gasteiger partial charge in [0.1, 0.15) is 0 Å². The van der Waals surface area contributed by atoms with Crippen LogP contribution in [0.15, 0.2) is 0 Å². The Morgan fingerprint density at radius 1 is 1.50 bits per heavy atom. The van der Waals surface area contributed by atoms with Crippen LogP contribution in [0.2, 0.25) is 0 Å². The molecule has 0 fully saturated rings. The quantitative estimate of drug-likeness (QED) is 0.279. The van der Waals surface area contributed by atoms with E-state index >= 15 is 0 Å². The summed E-state index contributed by atoms with van der Waals surface area (Å²) in [6, 6.07) is 0. The van der Waals surface area contributed by atoms with Gasteiger partial charge in [-0.25, -0.2) is 0 Å². The van der Waals surface area contributed by atoms with Crippen LogP contribution in [0.25, 0.3) is 0 Å². The van der Waals surface area contributed by atoms with Gasteiger partial charge in [0.15, 0.2) is 0 Å². The van der Waals surface area contributed by atoms with Gasteiger partial charge < -0.3 is 22.3 Å². The van der Waals surface area contributed by atoms with Crippen LogP contribution in [0.3, 0.4) is 0 Å². The van der Waals surface area contributed by atoms with Crippen LogP contribution in [0.4, 0.5) is 0 Å². The Morgan fingerprint density at radius 3 is 1.50 bits per heavy atom. The van der Waals surface area contributed by atoms with Gasteiger partial charge >= 0.3 is 38.7 Å². The van der Waals surface area contributed by atoms with Gasteiger partial charge in [-0.2, -0.15) is 0 Å². The number of carboxylic acids is 1. The third-order valence-electron chi connectivity index (χ3n) is 0. The van der Waals surface area contributed by atoms with E-state index in [1.807, 2.05) is 0 Å². The summed E-state index contributed by atoms with van der Waals surface area (Å²) in [5.74, 6) is -0.833. The fourth-order valence-corrected chi connectivity index (χ4v) is 0. The summed E-state index contributed by atoms with van der Waals surface area (Å²) in [5, 5.41) is 7.42. The first-order chi connectivity index (χ1) is 3.46. The molecule has 0 amide bonds. The Bertz CT molecular complexity index is 82.5. The van der Waals surface area contributed by atoms with Crippen LogP contribution in [0.5, 0.6) is 0 Å². The van der Waals surface area contributed by atoms with Gasteiger partial charge in [0.05, 0.1) is 0 Å². The Kier molecular flexibility index (Phi) is 36.0. The van der Waals surface area contributed by atoms with Crippen molar-refractivity contribution in [3.63, 3.8) is 0 Å². The van der Waals surface area contributed by atoms with Crippen molar-refractivity contribution in [2.75, 3.05) is 0 Å². The second-order valence-corrected chi connectivity index (χ2v) is 1.37. The van der Waals surface area contributed by atoms with Crippen LogP contribution in [0.1, 0.15) is 8.35 Å². The monoisotopic (exact) mass is 179 g/mol. The van der Waals surface area contributed by atoms with Crippen molar-refractivity contribution in [3.8, 4) is 0 Å². The van der Waals surface area contributed by atoms with Gasteiger partial charge in [-0.15, -0.1) is 0 Å². The fourth-order valence-electron chi connectivity index (χ4n) is 0. The van der Waals surface area contributed by atoms with E-state index in [0.717, 1.165) is 6.92 Å². The second kappa shape index (κ2) is 16.0. The molecule has 10 heavy (non-hydrogen) atoms. The minimum absolute atomic E-state index is 0. The summed E-state index contributed by atoms with van der Waals surface area (Å²) in [4.78, 5) is 23.3. The molecule has 6 N–H and O–H groups in total. The van der Waals surface area contributed by atoms with E-state index in [1.54, 1.807) is 0 Å². The number of rotatable bonds is 0. The van der Waals surface area contributed by atoms with E-state index in [4.69, 9.17) is 24.0 Å². The SMILES string of the molecule is CC(=O)O.N.O=[Si](O)O.[H-].[Na+]. The summed E-state index contributed by atoms with van der Waals surface area (Å²) < 4.78 is 8.74. The first-order valence-electron chi connectivity index (χ1n) is 1.58. The van der Waals surface area contributed by atoms with Gasteiger partial charge in [-0.1, -0.05) is 0 Å². The minimum Gasteiger partial charge on any atom is -1.00 e. The van der Waals surface area contributed by atoms with Crippen molar-refractivity contribution in [2.45, 2.75) is 6.92 Å². The van der Waals surface area contributed by atoms with Crippen molar-refractivity contribution >= 4 is 15.1 Å². The van der Waals surface area contributed by atoms with E-state index in [0.29, 0.717) is 0 Å². The van der Waals surface area contributed by atoms with Crippen LogP contribution in [-0.4, -0.2) is 29.8 Å². The number of aliphatic carboxylic acids is 1. The summed E-state index contributed by atoms with van der Waals surface area (Å²) >= 11 is 0. The summed E-state index contributed by atoms with van der Waals surface area (Å²) in [7, 11) is -3.13. The molecule has 0 aliphatic rings. The zero-order valence-corrected chi connectivity index (χ0v) is 8.87.